The van der Waals surface area contributed by atoms with Gasteiger partial charge in [0.1, 0.15) is 0 Å². The van der Waals surface area contributed by atoms with E-state index in [1.54, 1.807) is 0 Å². The van der Waals surface area contributed by atoms with E-state index in [2.05, 4.69) is 30.9 Å². The average Bonchev–Trinajstić information content (AvgIpc) is 3.11. The van der Waals surface area contributed by atoms with Gasteiger partial charge in [0.05, 0.1) is 12.3 Å². The predicted molar refractivity (Wildman–Crippen MR) is 114 cm³/mol. The van der Waals surface area contributed by atoms with Gasteiger partial charge >= 0.3 is 0 Å². The quantitative estimate of drug-likeness (QED) is 0.602. The summed E-state index contributed by atoms with van der Waals surface area (Å²) in [7, 11) is -1.98. The lowest BCUT2D eigenvalue weighted by Gasteiger charge is -2.18. The van der Waals surface area contributed by atoms with E-state index in [4.69, 9.17) is 4.52 Å². The number of nitrogens with zero attached hydrogens (tertiary/aromatic N) is 3. The van der Waals surface area contributed by atoms with E-state index in [9.17, 15) is 8.42 Å². The molecule has 0 atom stereocenters. The summed E-state index contributed by atoms with van der Waals surface area (Å²) in [5.74, 6) is 0.638. The monoisotopic (exact) mass is 413 g/mol. The second kappa shape index (κ2) is 8.08. The van der Waals surface area contributed by atoms with Crippen molar-refractivity contribution in [1.29, 1.82) is 0 Å². The van der Waals surface area contributed by atoms with Crippen molar-refractivity contribution in [3.8, 4) is 11.4 Å². The molecule has 29 heavy (non-hydrogen) atoms. The summed E-state index contributed by atoms with van der Waals surface area (Å²) >= 11 is 0. The third-order valence-electron chi connectivity index (χ3n) is 4.78. The summed E-state index contributed by atoms with van der Waals surface area (Å²) in [5.41, 5.74) is 3.95. The zero-order valence-corrected chi connectivity index (χ0v) is 18.3. The lowest BCUT2D eigenvalue weighted by atomic mass is 9.87. The van der Waals surface area contributed by atoms with Crippen molar-refractivity contribution in [2.75, 3.05) is 7.05 Å². The van der Waals surface area contributed by atoms with Gasteiger partial charge in [0, 0.05) is 12.6 Å². The number of hydrogen-bond donors (Lipinski definition) is 0. The summed E-state index contributed by atoms with van der Waals surface area (Å²) in [6.45, 7) is 8.46. The first kappa shape index (κ1) is 21.2. The van der Waals surface area contributed by atoms with Crippen LogP contribution in [-0.2, 0) is 27.7 Å². The van der Waals surface area contributed by atoms with E-state index in [1.165, 1.54) is 16.9 Å². The van der Waals surface area contributed by atoms with Crippen molar-refractivity contribution in [3.63, 3.8) is 0 Å². The molecule has 0 spiro atoms. The van der Waals surface area contributed by atoms with Crippen LogP contribution in [0.5, 0.6) is 0 Å². The summed E-state index contributed by atoms with van der Waals surface area (Å²) in [6.07, 6.45) is 0. The molecule has 7 heteroatoms. The van der Waals surface area contributed by atoms with Gasteiger partial charge in [-0.3, -0.25) is 0 Å². The van der Waals surface area contributed by atoms with Crippen LogP contribution < -0.4 is 0 Å². The third kappa shape index (κ3) is 5.31. The molecule has 0 aliphatic rings. The predicted octanol–water partition coefficient (Wildman–Crippen LogP) is 4.30. The highest BCUT2D eigenvalue weighted by atomic mass is 32.2. The molecule has 0 radical (unpaired) electrons. The van der Waals surface area contributed by atoms with Crippen LogP contribution >= 0.6 is 0 Å². The van der Waals surface area contributed by atoms with Gasteiger partial charge in [0.2, 0.25) is 21.7 Å². The van der Waals surface area contributed by atoms with E-state index in [1.807, 2.05) is 55.5 Å². The van der Waals surface area contributed by atoms with Crippen LogP contribution in [0.2, 0.25) is 0 Å². The first-order valence-electron chi connectivity index (χ1n) is 9.48. The van der Waals surface area contributed by atoms with E-state index < -0.39 is 10.0 Å². The Morgan fingerprint density at radius 3 is 2.21 bits per heavy atom. The summed E-state index contributed by atoms with van der Waals surface area (Å²) < 4.78 is 31.8. The average molecular weight is 414 g/mol. The minimum absolute atomic E-state index is 0.0290. The van der Waals surface area contributed by atoms with Crippen LogP contribution in [0.3, 0.4) is 0 Å². The zero-order valence-electron chi connectivity index (χ0n) is 17.5. The van der Waals surface area contributed by atoms with Gasteiger partial charge in [0.25, 0.3) is 0 Å². The van der Waals surface area contributed by atoms with Crippen molar-refractivity contribution in [2.45, 2.75) is 45.4 Å². The molecule has 0 saturated heterocycles. The van der Waals surface area contributed by atoms with Crippen molar-refractivity contribution in [2.24, 2.45) is 0 Å². The largest absolute Gasteiger partial charge is 0.338 e. The number of aromatic nitrogens is 2. The Labute approximate surface area is 172 Å². The van der Waals surface area contributed by atoms with Gasteiger partial charge in [-0.1, -0.05) is 80.0 Å². The zero-order chi connectivity index (χ0) is 21.2. The van der Waals surface area contributed by atoms with Crippen LogP contribution in [0.4, 0.5) is 0 Å². The van der Waals surface area contributed by atoms with E-state index in [-0.39, 0.29) is 23.6 Å². The van der Waals surface area contributed by atoms with Crippen molar-refractivity contribution in [1.82, 2.24) is 14.4 Å². The minimum Gasteiger partial charge on any atom is -0.338 e. The molecule has 0 aliphatic carbocycles. The molecule has 0 amide bonds. The Morgan fingerprint density at radius 1 is 1.00 bits per heavy atom. The maximum absolute atomic E-state index is 12.6. The van der Waals surface area contributed by atoms with Crippen molar-refractivity contribution < 1.29 is 12.9 Å². The number of hydrogen-bond acceptors (Lipinski definition) is 5. The van der Waals surface area contributed by atoms with E-state index in [0.29, 0.717) is 5.82 Å². The van der Waals surface area contributed by atoms with Gasteiger partial charge in [-0.2, -0.15) is 9.29 Å². The Hall–Kier alpha value is -2.51. The molecule has 3 rings (SSSR count). The first-order chi connectivity index (χ1) is 13.5. The summed E-state index contributed by atoms with van der Waals surface area (Å²) in [5, 5.41) is 4.00. The molecule has 3 aromatic rings. The van der Waals surface area contributed by atoms with Gasteiger partial charge in [-0.05, 0) is 23.5 Å². The Morgan fingerprint density at radius 2 is 1.62 bits per heavy atom. The highest BCUT2D eigenvalue weighted by Gasteiger charge is 2.22. The lowest BCUT2D eigenvalue weighted by molar-refractivity contribution is 0.336. The maximum Gasteiger partial charge on any atom is 0.242 e. The van der Waals surface area contributed by atoms with Gasteiger partial charge < -0.3 is 4.52 Å². The molecule has 0 saturated carbocycles. The van der Waals surface area contributed by atoms with E-state index >= 15 is 0 Å². The molecule has 1 aromatic heterocycles. The molecular weight excluding hydrogens is 386 g/mol. The fourth-order valence-electron chi connectivity index (χ4n) is 2.85. The molecule has 0 bridgehead atoms. The van der Waals surface area contributed by atoms with Crippen LogP contribution in [0.15, 0.2) is 53.1 Å². The lowest BCUT2D eigenvalue weighted by Crippen LogP contribution is -2.27. The maximum atomic E-state index is 12.6. The van der Waals surface area contributed by atoms with Crippen LogP contribution in [0.25, 0.3) is 11.4 Å². The second-order valence-corrected chi connectivity index (χ2v) is 10.4. The summed E-state index contributed by atoms with van der Waals surface area (Å²) in [4.78, 5) is 4.36. The normalized spacial score (nSPS) is 12.5. The highest BCUT2D eigenvalue weighted by molar-refractivity contribution is 7.88. The SMILES string of the molecule is Cc1ccc(CS(=O)(=O)N(C)Cc2nc(-c3ccc(C(C)(C)C)cc3)no2)cc1. The third-order valence-corrected chi connectivity index (χ3v) is 6.56. The number of rotatable bonds is 6. The van der Waals surface area contributed by atoms with Crippen LogP contribution in [0.1, 0.15) is 43.4 Å². The fraction of sp³-hybridized carbons (Fsp3) is 0.364. The molecule has 1 heterocycles. The van der Waals surface area contributed by atoms with Gasteiger partial charge in [-0.15, -0.1) is 0 Å². The number of aryl methyl sites for hydroxylation is 1. The number of benzene rings is 2. The Balaban J connectivity index is 1.69. The molecule has 0 N–H and O–H groups in total. The Kier molecular flexibility index (Phi) is 5.91. The van der Waals surface area contributed by atoms with E-state index in [0.717, 1.165) is 16.7 Å². The van der Waals surface area contributed by atoms with Gasteiger partial charge in [-0.25, -0.2) is 8.42 Å². The molecule has 154 valence electrons. The fourth-order valence-corrected chi connectivity index (χ4v) is 3.99. The van der Waals surface area contributed by atoms with Crippen molar-refractivity contribution >= 4 is 10.0 Å². The van der Waals surface area contributed by atoms with Crippen molar-refractivity contribution in [3.05, 3.63) is 71.1 Å². The molecule has 0 aliphatic heterocycles. The van der Waals surface area contributed by atoms with Crippen LogP contribution in [0, 0.1) is 6.92 Å². The Bertz CT molecular complexity index is 1060. The smallest absolute Gasteiger partial charge is 0.242 e. The summed E-state index contributed by atoms with van der Waals surface area (Å²) in [6, 6.07) is 15.5. The molecule has 0 fully saturated rings. The first-order valence-corrected chi connectivity index (χ1v) is 11.1. The molecule has 2 aromatic carbocycles. The standard InChI is InChI=1S/C22H27N3O3S/c1-16-6-8-17(9-7-16)15-29(26,27)25(5)14-20-23-21(24-28-20)18-10-12-19(13-11-18)22(2,3)4/h6-13H,14-15H2,1-5H3. The minimum atomic E-state index is -3.50. The molecule has 6 nitrogen and oxygen atoms in total. The molecule has 0 unspecified atom stereocenters. The highest BCUT2D eigenvalue weighted by Crippen LogP contribution is 2.25. The second-order valence-electron chi connectivity index (χ2n) is 8.34. The van der Waals surface area contributed by atoms with Gasteiger partial charge in [0.15, 0.2) is 0 Å². The topological polar surface area (TPSA) is 76.3 Å². The number of sulfonamides is 1. The molecular formula is C22H27N3O3S. The van der Waals surface area contributed by atoms with Crippen LogP contribution in [-0.4, -0.2) is 29.9 Å².